The zero-order valence-corrected chi connectivity index (χ0v) is 16.4. The highest BCUT2D eigenvalue weighted by Gasteiger charge is 2.21. The second-order valence-electron chi connectivity index (χ2n) is 5.70. The van der Waals surface area contributed by atoms with E-state index in [0.717, 1.165) is 9.48 Å². The average Bonchev–Trinajstić information content (AvgIpc) is 2.96. The van der Waals surface area contributed by atoms with Crippen molar-refractivity contribution in [1.29, 1.82) is 0 Å². The molecule has 0 atom stereocenters. The van der Waals surface area contributed by atoms with E-state index in [9.17, 15) is 13.2 Å². The van der Waals surface area contributed by atoms with Crippen molar-refractivity contribution in [3.8, 4) is 0 Å². The molecule has 2 rings (SSSR count). The van der Waals surface area contributed by atoms with Crippen LogP contribution in [-0.4, -0.2) is 37.9 Å². The van der Waals surface area contributed by atoms with Crippen LogP contribution in [0.25, 0.3) is 0 Å². The Labute approximate surface area is 151 Å². The predicted molar refractivity (Wildman–Crippen MR) is 97.3 cm³/mol. The summed E-state index contributed by atoms with van der Waals surface area (Å²) in [5.74, 6) is -0.000897. The topological polar surface area (TPSA) is 88.6 Å². The summed E-state index contributed by atoms with van der Waals surface area (Å²) in [6, 6.07) is 5.90. The van der Waals surface area contributed by atoms with E-state index < -0.39 is 10.0 Å². The van der Waals surface area contributed by atoms with Gasteiger partial charge in [-0.05, 0) is 31.2 Å². The number of nitrogens with zero attached hydrogens (tertiary/aromatic N) is 2. The van der Waals surface area contributed by atoms with Gasteiger partial charge in [0.2, 0.25) is 0 Å². The summed E-state index contributed by atoms with van der Waals surface area (Å²) < 4.78 is 25.0. The van der Waals surface area contributed by atoms with E-state index in [4.69, 9.17) is 4.84 Å². The first kappa shape index (κ1) is 19.5. The Kier molecular flexibility index (Phi) is 5.94. The van der Waals surface area contributed by atoms with Gasteiger partial charge in [-0.3, -0.25) is 9.63 Å². The number of nitrogens with one attached hydrogen (secondary N) is 1. The Morgan fingerprint density at radius 3 is 2.36 bits per heavy atom. The number of hydroxylamine groups is 1. The number of hydrogen-bond acceptors (Lipinski definition) is 6. The minimum absolute atomic E-state index is 0.0749. The maximum atomic E-state index is 12.4. The van der Waals surface area contributed by atoms with Crippen LogP contribution in [-0.2, 0) is 14.9 Å². The van der Waals surface area contributed by atoms with E-state index in [-0.39, 0.29) is 16.7 Å². The lowest BCUT2D eigenvalue weighted by Crippen LogP contribution is -2.25. The van der Waals surface area contributed by atoms with Crippen molar-refractivity contribution < 1.29 is 18.0 Å². The summed E-state index contributed by atoms with van der Waals surface area (Å²) >= 11 is 1.37. The third-order valence-electron chi connectivity index (χ3n) is 3.52. The molecule has 0 unspecified atom stereocenters. The van der Waals surface area contributed by atoms with E-state index in [1.54, 1.807) is 6.92 Å². The largest absolute Gasteiger partial charge is 0.321 e. The first-order valence-electron chi connectivity index (χ1n) is 7.58. The van der Waals surface area contributed by atoms with E-state index in [2.05, 4.69) is 10.3 Å². The fourth-order valence-electron chi connectivity index (χ4n) is 2.02. The van der Waals surface area contributed by atoms with Gasteiger partial charge in [0.05, 0.1) is 22.7 Å². The standard InChI is InChI=1S/C16H21N3O4S2/c1-10(2)16-17-11(3)14(24-16)15(20)18-12-6-8-13(9-7-12)25(21,22)19(4)23-5/h6-10H,1-5H3,(H,18,20). The molecule has 1 aromatic heterocycles. The molecule has 2 aromatic rings. The molecular formula is C16H21N3O4S2. The molecule has 1 heterocycles. The Morgan fingerprint density at radius 1 is 1.28 bits per heavy atom. The van der Waals surface area contributed by atoms with E-state index in [1.165, 1.54) is 49.8 Å². The lowest BCUT2D eigenvalue weighted by Gasteiger charge is -2.14. The zero-order valence-electron chi connectivity index (χ0n) is 14.7. The molecule has 0 aliphatic carbocycles. The number of carbonyl (C=O) groups is 1. The number of aromatic nitrogens is 1. The number of carbonyl (C=O) groups excluding carboxylic acids is 1. The fourth-order valence-corrected chi connectivity index (χ4v) is 3.96. The zero-order chi connectivity index (χ0) is 18.8. The number of hydrogen-bond donors (Lipinski definition) is 1. The summed E-state index contributed by atoms with van der Waals surface area (Å²) in [6.45, 7) is 5.85. The van der Waals surface area contributed by atoms with Crippen LogP contribution in [0.5, 0.6) is 0 Å². The SMILES string of the molecule is CON(C)S(=O)(=O)c1ccc(NC(=O)c2sc(C(C)C)nc2C)cc1. The lowest BCUT2D eigenvalue weighted by molar-refractivity contribution is -0.0258. The number of benzene rings is 1. The van der Waals surface area contributed by atoms with Gasteiger partial charge in [-0.25, -0.2) is 13.4 Å². The van der Waals surface area contributed by atoms with Gasteiger partial charge in [-0.1, -0.05) is 18.3 Å². The normalized spacial score (nSPS) is 12.0. The molecule has 0 radical (unpaired) electrons. The highest BCUT2D eigenvalue weighted by atomic mass is 32.2. The second kappa shape index (κ2) is 7.61. The minimum Gasteiger partial charge on any atom is -0.321 e. The molecule has 0 aliphatic rings. The Balaban J connectivity index is 2.18. The van der Waals surface area contributed by atoms with Gasteiger partial charge in [0.15, 0.2) is 0 Å². The molecule has 1 N–H and O–H groups in total. The van der Waals surface area contributed by atoms with Crippen LogP contribution in [0.4, 0.5) is 5.69 Å². The Hall–Kier alpha value is -1.81. The summed E-state index contributed by atoms with van der Waals surface area (Å²) in [6.07, 6.45) is 0. The molecule has 1 amide bonds. The van der Waals surface area contributed by atoms with Crippen LogP contribution in [0.3, 0.4) is 0 Å². The van der Waals surface area contributed by atoms with Gasteiger partial charge < -0.3 is 5.32 Å². The number of thiazole rings is 1. The van der Waals surface area contributed by atoms with Crippen molar-refractivity contribution in [2.75, 3.05) is 19.5 Å². The highest BCUT2D eigenvalue weighted by Crippen LogP contribution is 2.25. The van der Waals surface area contributed by atoms with Crippen LogP contribution in [0.2, 0.25) is 0 Å². The van der Waals surface area contributed by atoms with Gasteiger partial charge in [-0.15, -0.1) is 11.3 Å². The molecule has 0 bridgehead atoms. The molecule has 1 aromatic carbocycles. The number of rotatable bonds is 6. The molecule has 0 saturated carbocycles. The highest BCUT2D eigenvalue weighted by molar-refractivity contribution is 7.89. The molecule has 9 heteroatoms. The molecule has 136 valence electrons. The minimum atomic E-state index is -3.71. The molecule has 0 fully saturated rings. The third kappa shape index (κ3) is 4.24. The summed E-state index contributed by atoms with van der Waals surface area (Å²) in [5, 5.41) is 3.67. The van der Waals surface area contributed by atoms with E-state index in [1.807, 2.05) is 13.8 Å². The van der Waals surface area contributed by atoms with Crippen molar-refractivity contribution in [2.24, 2.45) is 0 Å². The van der Waals surface area contributed by atoms with Gasteiger partial charge in [-0.2, -0.15) is 0 Å². The smallest absolute Gasteiger partial charge is 0.267 e. The van der Waals surface area contributed by atoms with Gasteiger partial charge >= 0.3 is 0 Å². The number of amides is 1. The lowest BCUT2D eigenvalue weighted by atomic mass is 10.2. The Morgan fingerprint density at radius 2 is 1.88 bits per heavy atom. The van der Waals surface area contributed by atoms with Gasteiger partial charge in [0.1, 0.15) is 4.88 Å². The number of aryl methyl sites for hydroxylation is 1. The second-order valence-corrected chi connectivity index (χ2v) is 8.66. The predicted octanol–water partition coefficient (Wildman–Crippen LogP) is 3.01. The van der Waals surface area contributed by atoms with Crippen molar-refractivity contribution in [3.63, 3.8) is 0 Å². The molecule has 7 nitrogen and oxygen atoms in total. The van der Waals surface area contributed by atoms with Crippen LogP contribution in [0.1, 0.15) is 40.1 Å². The summed E-state index contributed by atoms with van der Waals surface area (Å²) in [5.41, 5.74) is 1.19. The van der Waals surface area contributed by atoms with Crippen molar-refractivity contribution in [3.05, 3.63) is 39.8 Å². The maximum Gasteiger partial charge on any atom is 0.267 e. The van der Waals surface area contributed by atoms with E-state index in [0.29, 0.717) is 16.3 Å². The number of sulfonamides is 1. The van der Waals surface area contributed by atoms with Crippen LogP contribution in [0.15, 0.2) is 29.2 Å². The third-order valence-corrected chi connectivity index (χ3v) is 6.67. The van der Waals surface area contributed by atoms with Gasteiger partial charge in [0, 0.05) is 18.7 Å². The van der Waals surface area contributed by atoms with Crippen LogP contribution < -0.4 is 5.32 Å². The summed E-state index contributed by atoms with van der Waals surface area (Å²) in [7, 11) is -1.13. The van der Waals surface area contributed by atoms with Crippen molar-refractivity contribution >= 4 is 33.0 Å². The summed E-state index contributed by atoms with van der Waals surface area (Å²) in [4.78, 5) is 22.2. The Bertz CT molecular complexity index is 858. The fraction of sp³-hybridized carbons (Fsp3) is 0.375. The first-order valence-corrected chi connectivity index (χ1v) is 9.84. The monoisotopic (exact) mass is 383 g/mol. The van der Waals surface area contributed by atoms with Crippen LogP contribution in [0, 0.1) is 6.92 Å². The quantitative estimate of drug-likeness (QED) is 0.775. The van der Waals surface area contributed by atoms with Crippen molar-refractivity contribution in [1.82, 2.24) is 9.45 Å². The molecule has 0 aliphatic heterocycles. The first-order chi connectivity index (χ1) is 11.7. The average molecular weight is 383 g/mol. The van der Waals surface area contributed by atoms with E-state index >= 15 is 0 Å². The van der Waals surface area contributed by atoms with Crippen molar-refractivity contribution in [2.45, 2.75) is 31.6 Å². The van der Waals surface area contributed by atoms with Gasteiger partial charge in [0.25, 0.3) is 15.9 Å². The number of anilines is 1. The molecule has 0 spiro atoms. The molecule has 25 heavy (non-hydrogen) atoms. The molecular weight excluding hydrogens is 362 g/mol. The van der Waals surface area contributed by atoms with Crippen LogP contribution >= 0.6 is 11.3 Å². The molecule has 0 saturated heterocycles. The maximum absolute atomic E-state index is 12.4.